The van der Waals surface area contributed by atoms with Gasteiger partial charge in [-0.25, -0.2) is 12.7 Å². The van der Waals surface area contributed by atoms with Gasteiger partial charge >= 0.3 is 0 Å². The number of methoxy groups -OCH3 is 2. The van der Waals surface area contributed by atoms with Crippen LogP contribution in [0.3, 0.4) is 0 Å². The number of sulfonamides is 1. The van der Waals surface area contributed by atoms with Crippen molar-refractivity contribution in [3.05, 3.63) is 53.6 Å². The third-order valence-electron chi connectivity index (χ3n) is 4.75. The van der Waals surface area contributed by atoms with Crippen molar-refractivity contribution in [3.63, 3.8) is 0 Å². The van der Waals surface area contributed by atoms with Crippen LogP contribution in [0.1, 0.15) is 35.3 Å². The lowest BCUT2D eigenvalue weighted by molar-refractivity contribution is -0.121. The Hall–Kier alpha value is -3.07. The molecule has 1 aliphatic heterocycles. The van der Waals surface area contributed by atoms with E-state index in [9.17, 15) is 18.0 Å². The molecule has 29 heavy (non-hydrogen) atoms. The summed E-state index contributed by atoms with van der Waals surface area (Å²) in [5, 5.41) is 2.79. The highest BCUT2D eigenvalue weighted by Gasteiger charge is 2.41. The van der Waals surface area contributed by atoms with Gasteiger partial charge < -0.3 is 14.8 Å². The Balaban J connectivity index is 1.77. The van der Waals surface area contributed by atoms with Crippen LogP contribution in [0, 0.1) is 0 Å². The fourth-order valence-electron chi connectivity index (χ4n) is 3.25. The van der Waals surface area contributed by atoms with Gasteiger partial charge in [0, 0.05) is 0 Å². The second-order valence-corrected chi connectivity index (χ2v) is 8.29. The molecule has 1 aliphatic rings. The van der Waals surface area contributed by atoms with Crippen LogP contribution in [0.5, 0.6) is 11.5 Å². The zero-order chi connectivity index (χ0) is 21.2. The van der Waals surface area contributed by atoms with E-state index in [0.717, 1.165) is 5.56 Å². The Kier molecular flexibility index (Phi) is 5.78. The normalized spacial score (nSPS) is 15.6. The van der Waals surface area contributed by atoms with Gasteiger partial charge in [-0.05, 0) is 36.2 Å². The molecule has 2 amide bonds. The summed E-state index contributed by atoms with van der Waals surface area (Å²) in [6, 6.07) is 10.8. The minimum Gasteiger partial charge on any atom is -0.493 e. The van der Waals surface area contributed by atoms with E-state index in [1.165, 1.54) is 32.4 Å². The van der Waals surface area contributed by atoms with Gasteiger partial charge in [0.25, 0.3) is 15.9 Å². The molecule has 1 atom stereocenters. The van der Waals surface area contributed by atoms with Crippen LogP contribution in [0.25, 0.3) is 0 Å². The van der Waals surface area contributed by atoms with Crippen LogP contribution in [-0.2, 0) is 14.8 Å². The summed E-state index contributed by atoms with van der Waals surface area (Å²) < 4.78 is 36.3. The lowest BCUT2D eigenvalue weighted by Crippen LogP contribution is -2.41. The van der Waals surface area contributed by atoms with E-state index in [-0.39, 0.29) is 16.5 Å². The van der Waals surface area contributed by atoms with Crippen molar-refractivity contribution < 1.29 is 27.5 Å². The number of ether oxygens (including phenoxy) is 2. The van der Waals surface area contributed by atoms with Gasteiger partial charge in [-0.15, -0.1) is 0 Å². The summed E-state index contributed by atoms with van der Waals surface area (Å²) in [7, 11) is -0.985. The van der Waals surface area contributed by atoms with Crippen LogP contribution >= 0.6 is 0 Å². The quantitative estimate of drug-likeness (QED) is 0.739. The Labute approximate surface area is 169 Å². The molecule has 1 N–H and O–H groups in total. The first-order chi connectivity index (χ1) is 13.8. The fourth-order valence-corrected chi connectivity index (χ4v) is 4.77. The summed E-state index contributed by atoms with van der Waals surface area (Å²) in [6.45, 7) is 1.30. The van der Waals surface area contributed by atoms with Gasteiger partial charge in [0.2, 0.25) is 5.91 Å². The Bertz CT molecular complexity index is 1050. The van der Waals surface area contributed by atoms with Crippen molar-refractivity contribution in [2.24, 2.45) is 0 Å². The van der Waals surface area contributed by atoms with Crippen molar-refractivity contribution in [1.82, 2.24) is 9.62 Å². The van der Waals surface area contributed by atoms with Crippen LogP contribution < -0.4 is 14.8 Å². The number of hydrogen-bond donors (Lipinski definition) is 1. The topological polar surface area (TPSA) is 102 Å². The average molecular weight is 418 g/mol. The van der Waals surface area contributed by atoms with E-state index in [1.807, 2.05) is 6.92 Å². The molecule has 154 valence electrons. The molecule has 0 saturated heterocycles. The molecule has 1 heterocycles. The Morgan fingerprint density at radius 3 is 2.41 bits per heavy atom. The second-order valence-electron chi connectivity index (χ2n) is 6.46. The SMILES string of the molecule is CC[C@H](NC(=O)CN1C(=O)c2ccccc2S1(=O)=O)c1ccc(OC)c(OC)c1. The maximum absolute atomic E-state index is 12.6. The zero-order valence-electron chi connectivity index (χ0n) is 16.3. The number of nitrogens with one attached hydrogen (secondary N) is 1. The predicted molar refractivity (Wildman–Crippen MR) is 105 cm³/mol. The van der Waals surface area contributed by atoms with Crippen LogP contribution in [0.15, 0.2) is 47.4 Å². The highest BCUT2D eigenvalue weighted by Crippen LogP contribution is 2.32. The number of benzene rings is 2. The average Bonchev–Trinajstić information content (AvgIpc) is 2.92. The number of nitrogens with zero attached hydrogens (tertiary/aromatic N) is 1. The van der Waals surface area contributed by atoms with Crippen molar-refractivity contribution >= 4 is 21.8 Å². The lowest BCUT2D eigenvalue weighted by atomic mass is 10.0. The first-order valence-corrected chi connectivity index (χ1v) is 10.4. The molecule has 9 heteroatoms. The molecule has 2 aromatic rings. The van der Waals surface area contributed by atoms with Gasteiger partial charge in [-0.1, -0.05) is 25.1 Å². The first-order valence-electron chi connectivity index (χ1n) is 9.00. The van der Waals surface area contributed by atoms with Gasteiger partial charge in [0.15, 0.2) is 11.5 Å². The van der Waals surface area contributed by atoms with Crippen molar-refractivity contribution in [1.29, 1.82) is 0 Å². The van der Waals surface area contributed by atoms with E-state index >= 15 is 0 Å². The molecule has 2 aromatic carbocycles. The van der Waals surface area contributed by atoms with E-state index in [2.05, 4.69) is 5.32 Å². The molecular weight excluding hydrogens is 396 g/mol. The van der Waals surface area contributed by atoms with Crippen molar-refractivity contribution in [2.45, 2.75) is 24.3 Å². The minimum absolute atomic E-state index is 0.0761. The summed E-state index contributed by atoms with van der Waals surface area (Å²) in [6.07, 6.45) is 0.558. The first kappa shape index (κ1) is 20.7. The number of carbonyl (C=O) groups is 2. The summed E-state index contributed by atoms with van der Waals surface area (Å²) in [5.41, 5.74) is 0.852. The van der Waals surface area contributed by atoms with Gasteiger partial charge in [-0.3, -0.25) is 9.59 Å². The Morgan fingerprint density at radius 1 is 1.10 bits per heavy atom. The number of hydrogen-bond acceptors (Lipinski definition) is 6. The second kappa shape index (κ2) is 8.12. The van der Waals surface area contributed by atoms with Gasteiger partial charge in [-0.2, -0.15) is 0 Å². The predicted octanol–water partition coefficient (Wildman–Crippen LogP) is 2.12. The number of amides is 2. The highest BCUT2D eigenvalue weighted by atomic mass is 32.2. The van der Waals surface area contributed by atoms with Crippen molar-refractivity contribution in [3.8, 4) is 11.5 Å². The molecule has 0 aliphatic carbocycles. The number of fused-ring (bicyclic) bond motifs is 1. The molecular formula is C20H22N2O6S. The van der Waals surface area contributed by atoms with E-state index in [0.29, 0.717) is 22.2 Å². The maximum Gasteiger partial charge on any atom is 0.269 e. The molecule has 8 nitrogen and oxygen atoms in total. The molecule has 0 aromatic heterocycles. The largest absolute Gasteiger partial charge is 0.493 e. The molecule has 0 radical (unpaired) electrons. The number of rotatable bonds is 7. The zero-order valence-corrected chi connectivity index (χ0v) is 17.2. The van der Waals surface area contributed by atoms with E-state index < -0.39 is 28.4 Å². The Morgan fingerprint density at radius 2 is 1.79 bits per heavy atom. The van der Waals surface area contributed by atoms with Gasteiger partial charge in [0.1, 0.15) is 11.4 Å². The fraction of sp³-hybridized carbons (Fsp3) is 0.300. The highest BCUT2D eigenvalue weighted by molar-refractivity contribution is 7.90. The summed E-state index contributed by atoms with van der Waals surface area (Å²) >= 11 is 0. The summed E-state index contributed by atoms with van der Waals surface area (Å²) in [5.74, 6) is -0.194. The van der Waals surface area contributed by atoms with Gasteiger partial charge in [0.05, 0.1) is 25.8 Å². The molecule has 0 fully saturated rings. The van der Waals surface area contributed by atoms with Crippen molar-refractivity contribution in [2.75, 3.05) is 20.8 Å². The number of carbonyl (C=O) groups excluding carboxylic acids is 2. The maximum atomic E-state index is 12.6. The molecule has 3 rings (SSSR count). The van der Waals surface area contributed by atoms with Crippen LogP contribution in [-0.4, -0.2) is 45.3 Å². The van der Waals surface area contributed by atoms with Crippen LogP contribution in [0.2, 0.25) is 0 Å². The third-order valence-corrected chi connectivity index (χ3v) is 6.54. The molecule has 0 spiro atoms. The third kappa shape index (κ3) is 3.77. The monoisotopic (exact) mass is 418 g/mol. The molecule has 0 saturated carbocycles. The smallest absolute Gasteiger partial charge is 0.269 e. The van der Waals surface area contributed by atoms with E-state index in [4.69, 9.17) is 9.47 Å². The van der Waals surface area contributed by atoms with E-state index in [1.54, 1.807) is 24.3 Å². The molecule has 0 bridgehead atoms. The summed E-state index contributed by atoms with van der Waals surface area (Å²) in [4.78, 5) is 25.0. The molecule has 0 unspecified atom stereocenters. The van der Waals surface area contributed by atoms with Crippen LogP contribution in [0.4, 0.5) is 0 Å². The minimum atomic E-state index is -4.03. The lowest BCUT2D eigenvalue weighted by Gasteiger charge is -2.21. The standard InChI is InChI=1S/C20H22N2O6S/c1-4-15(13-9-10-16(27-2)17(11-13)28-3)21-19(23)12-22-20(24)14-7-5-6-8-18(14)29(22,25)26/h5-11,15H,4,12H2,1-3H3,(H,21,23)/t15-/m0/s1.